The number of aromatic amines is 1. The second-order valence-corrected chi connectivity index (χ2v) is 7.97. The average molecular weight is 409 g/mol. The van der Waals surface area contributed by atoms with Crippen LogP contribution in [0.5, 0.6) is 17.5 Å². The van der Waals surface area contributed by atoms with Crippen molar-refractivity contribution in [2.45, 2.75) is 9.79 Å². The number of nitrogens with one attached hydrogen (secondary N) is 1. The fourth-order valence-corrected chi connectivity index (χ4v) is 4.02. The van der Waals surface area contributed by atoms with Crippen molar-refractivity contribution in [2.24, 2.45) is 0 Å². The third kappa shape index (κ3) is 3.67. The Balaban J connectivity index is 1.62. The lowest BCUT2D eigenvalue weighted by molar-refractivity contribution is 0.413. The first kappa shape index (κ1) is 18.6. The van der Waals surface area contributed by atoms with Gasteiger partial charge in [0.1, 0.15) is 11.5 Å². The molecule has 1 N–H and O–H groups in total. The number of H-pyrrole nitrogens is 1. The van der Waals surface area contributed by atoms with E-state index in [0.29, 0.717) is 22.4 Å². The second-order valence-electron chi connectivity index (χ2n) is 6.02. The molecule has 0 atom stereocenters. The Morgan fingerprint density at radius 3 is 2.52 bits per heavy atom. The maximum atomic E-state index is 12.8. The highest BCUT2D eigenvalue weighted by Gasteiger charge is 2.18. The number of rotatable bonds is 5. The van der Waals surface area contributed by atoms with E-state index >= 15 is 0 Å². The van der Waals surface area contributed by atoms with Gasteiger partial charge in [0.25, 0.3) is 5.56 Å². The predicted octanol–water partition coefficient (Wildman–Crippen LogP) is 2.95. The molecule has 9 heteroatoms. The maximum Gasteiger partial charge on any atom is 0.302 e. The number of nitrogens with zero attached hydrogens (tertiary/aromatic N) is 2. The van der Waals surface area contributed by atoms with Gasteiger partial charge in [-0.1, -0.05) is 6.07 Å². The highest BCUT2D eigenvalue weighted by Crippen LogP contribution is 2.26. The van der Waals surface area contributed by atoms with Gasteiger partial charge >= 0.3 is 6.01 Å². The SMILES string of the molecule is COc1cccc(S(=O)(=O)c2ccc(Oc3nc4cnccc4c(=O)[nH]3)cc2)c1. The highest BCUT2D eigenvalue weighted by molar-refractivity contribution is 7.91. The lowest BCUT2D eigenvalue weighted by atomic mass is 10.3. The van der Waals surface area contributed by atoms with Crippen molar-refractivity contribution in [2.75, 3.05) is 7.11 Å². The topological polar surface area (TPSA) is 111 Å². The molecule has 0 amide bonds. The zero-order valence-corrected chi connectivity index (χ0v) is 16.0. The molecule has 0 spiro atoms. The summed E-state index contributed by atoms with van der Waals surface area (Å²) in [5.41, 5.74) is 0.0353. The summed E-state index contributed by atoms with van der Waals surface area (Å²) in [6, 6.07) is 13.6. The zero-order valence-electron chi connectivity index (χ0n) is 15.2. The smallest absolute Gasteiger partial charge is 0.302 e. The summed E-state index contributed by atoms with van der Waals surface area (Å²) in [5, 5.41) is 0.395. The van der Waals surface area contributed by atoms with Crippen LogP contribution in [0.3, 0.4) is 0 Å². The summed E-state index contributed by atoms with van der Waals surface area (Å²) in [7, 11) is -2.24. The average Bonchev–Trinajstić information content (AvgIpc) is 2.74. The van der Waals surface area contributed by atoms with E-state index in [0.717, 1.165) is 0 Å². The number of hydrogen-bond acceptors (Lipinski definition) is 7. The molecule has 4 aromatic rings. The lowest BCUT2D eigenvalue weighted by Crippen LogP contribution is -2.09. The van der Waals surface area contributed by atoms with Crippen molar-refractivity contribution in [3.63, 3.8) is 0 Å². The van der Waals surface area contributed by atoms with Crippen LogP contribution in [0.25, 0.3) is 10.9 Å². The largest absolute Gasteiger partial charge is 0.497 e. The minimum absolute atomic E-state index is 0.0149. The Labute approximate surface area is 165 Å². The van der Waals surface area contributed by atoms with Gasteiger partial charge in [0.05, 0.1) is 34.0 Å². The van der Waals surface area contributed by atoms with Crippen LogP contribution in [0.1, 0.15) is 0 Å². The van der Waals surface area contributed by atoms with Crippen molar-refractivity contribution >= 4 is 20.7 Å². The molecule has 0 saturated carbocycles. The van der Waals surface area contributed by atoms with Crippen LogP contribution in [0.4, 0.5) is 0 Å². The number of ether oxygens (including phenoxy) is 2. The molecular weight excluding hydrogens is 394 g/mol. The standard InChI is InChI=1S/C20H15N3O5S/c1-27-14-3-2-4-16(11-14)29(25,26)15-7-5-13(6-8-15)28-20-22-18-12-21-10-9-17(18)19(24)23-20/h2-12H,1H3,(H,22,23,24). The van der Waals surface area contributed by atoms with E-state index in [1.165, 1.54) is 55.9 Å². The Hall–Kier alpha value is -3.72. The van der Waals surface area contributed by atoms with E-state index in [-0.39, 0.29) is 21.4 Å². The fraction of sp³-hybridized carbons (Fsp3) is 0.0500. The summed E-state index contributed by atoms with van der Waals surface area (Å²) < 4.78 is 36.3. The molecule has 0 saturated heterocycles. The van der Waals surface area contributed by atoms with Gasteiger partial charge < -0.3 is 9.47 Å². The number of fused-ring (bicyclic) bond motifs is 1. The van der Waals surface area contributed by atoms with Crippen LogP contribution >= 0.6 is 0 Å². The third-order valence-corrected chi connectivity index (χ3v) is 5.95. The van der Waals surface area contributed by atoms with Crippen LogP contribution in [0.2, 0.25) is 0 Å². The van der Waals surface area contributed by atoms with E-state index in [4.69, 9.17) is 9.47 Å². The van der Waals surface area contributed by atoms with E-state index in [1.807, 2.05) is 0 Å². The molecule has 8 nitrogen and oxygen atoms in total. The van der Waals surface area contributed by atoms with Gasteiger partial charge in [0.15, 0.2) is 0 Å². The highest BCUT2D eigenvalue weighted by atomic mass is 32.2. The quantitative estimate of drug-likeness (QED) is 0.539. The molecule has 2 aromatic carbocycles. The van der Waals surface area contributed by atoms with Gasteiger partial charge in [-0.2, -0.15) is 4.98 Å². The van der Waals surface area contributed by atoms with Gasteiger partial charge in [-0.15, -0.1) is 0 Å². The normalized spacial score (nSPS) is 11.3. The van der Waals surface area contributed by atoms with Crippen molar-refractivity contribution in [1.82, 2.24) is 15.0 Å². The fourth-order valence-electron chi connectivity index (χ4n) is 2.72. The number of aromatic nitrogens is 3. The first-order chi connectivity index (χ1) is 14.0. The minimum Gasteiger partial charge on any atom is -0.497 e. The first-order valence-electron chi connectivity index (χ1n) is 8.48. The summed E-state index contributed by atoms with van der Waals surface area (Å²) in [6.07, 6.45) is 2.96. The van der Waals surface area contributed by atoms with Crippen molar-refractivity contribution < 1.29 is 17.9 Å². The van der Waals surface area contributed by atoms with Crippen LogP contribution in [0, 0.1) is 0 Å². The first-order valence-corrected chi connectivity index (χ1v) is 9.97. The molecule has 0 fully saturated rings. The Morgan fingerprint density at radius 2 is 1.76 bits per heavy atom. The summed E-state index contributed by atoms with van der Waals surface area (Å²) in [6.45, 7) is 0. The molecular formula is C20H15N3O5S. The molecule has 0 aliphatic heterocycles. The zero-order chi connectivity index (χ0) is 20.4. The van der Waals surface area contributed by atoms with Crippen LogP contribution in [-0.2, 0) is 9.84 Å². The number of methoxy groups -OCH3 is 1. The van der Waals surface area contributed by atoms with Crippen molar-refractivity contribution in [3.05, 3.63) is 77.3 Å². The molecule has 4 rings (SSSR count). The molecule has 0 aliphatic carbocycles. The van der Waals surface area contributed by atoms with Gasteiger partial charge in [-0.25, -0.2) is 8.42 Å². The third-order valence-electron chi connectivity index (χ3n) is 4.19. The lowest BCUT2D eigenvalue weighted by Gasteiger charge is -2.08. The summed E-state index contributed by atoms with van der Waals surface area (Å²) in [4.78, 5) is 23.0. The van der Waals surface area contributed by atoms with E-state index in [9.17, 15) is 13.2 Å². The summed E-state index contributed by atoms with van der Waals surface area (Å²) in [5.74, 6) is 0.771. The van der Waals surface area contributed by atoms with E-state index in [2.05, 4.69) is 15.0 Å². The molecule has 0 aliphatic rings. The van der Waals surface area contributed by atoms with Gasteiger partial charge in [-0.3, -0.25) is 14.8 Å². The maximum absolute atomic E-state index is 12.8. The van der Waals surface area contributed by atoms with Crippen LogP contribution < -0.4 is 15.0 Å². The second kappa shape index (κ2) is 7.36. The van der Waals surface area contributed by atoms with Crippen LogP contribution in [0.15, 0.2) is 81.6 Å². The minimum atomic E-state index is -3.71. The van der Waals surface area contributed by atoms with Crippen molar-refractivity contribution in [1.29, 1.82) is 0 Å². The Kier molecular flexibility index (Phi) is 4.73. The Bertz CT molecular complexity index is 1350. The molecule has 146 valence electrons. The molecule has 2 aromatic heterocycles. The van der Waals surface area contributed by atoms with Crippen LogP contribution in [-0.4, -0.2) is 30.5 Å². The van der Waals surface area contributed by atoms with E-state index in [1.54, 1.807) is 18.2 Å². The van der Waals surface area contributed by atoms with Crippen molar-refractivity contribution in [3.8, 4) is 17.5 Å². The molecule has 29 heavy (non-hydrogen) atoms. The molecule has 2 heterocycles. The number of pyridine rings is 1. The number of hydrogen-bond donors (Lipinski definition) is 1. The van der Waals surface area contributed by atoms with Gasteiger partial charge in [0.2, 0.25) is 9.84 Å². The van der Waals surface area contributed by atoms with E-state index < -0.39 is 9.84 Å². The molecule has 0 radical (unpaired) electrons. The Morgan fingerprint density at radius 1 is 0.966 bits per heavy atom. The number of sulfone groups is 1. The predicted molar refractivity (Wildman–Crippen MR) is 105 cm³/mol. The molecule has 0 bridgehead atoms. The van der Waals surface area contributed by atoms with Gasteiger partial charge in [0, 0.05) is 6.20 Å². The van der Waals surface area contributed by atoms with Gasteiger partial charge in [-0.05, 0) is 48.5 Å². The number of benzene rings is 2. The molecule has 0 unspecified atom stereocenters. The summed E-state index contributed by atoms with van der Waals surface area (Å²) >= 11 is 0. The monoisotopic (exact) mass is 409 g/mol.